The van der Waals surface area contributed by atoms with E-state index >= 15 is 0 Å². The molecule has 0 atom stereocenters. The van der Waals surface area contributed by atoms with Crippen LogP contribution in [0.2, 0.25) is 0 Å². The highest BCUT2D eigenvalue weighted by molar-refractivity contribution is 6.17. The van der Waals surface area contributed by atoms with E-state index in [0.717, 1.165) is 12.0 Å². The Kier molecular flexibility index (Phi) is 6.40. The number of aryl methyl sites for hydroxylation is 1. The van der Waals surface area contributed by atoms with Crippen LogP contribution in [0.25, 0.3) is 6.08 Å². The summed E-state index contributed by atoms with van der Waals surface area (Å²) in [6.07, 6.45) is 5.59. The number of benzene rings is 1. The van der Waals surface area contributed by atoms with Gasteiger partial charge in [0, 0.05) is 24.2 Å². The summed E-state index contributed by atoms with van der Waals surface area (Å²) in [5.41, 5.74) is 1.89. The lowest BCUT2D eigenvalue weighted by Gasteiger charge is -2.04. The van der Waals surface area contributed by atoms with Crippen LogP contribution in [-0.4, -0.2) is 28.1 Å². The standard InChI is InChI=1S/C17H17ClN4O/c18-7-9-22-13-15(12-21-22)10-16(11-19)17(23)20-8-6-14-4-2-1-3-5-14/h1-5,10,12-13H,6-9H2,(H,20,23)/b16-10-. The zero-order valence-corrected chi connectivity index (χ0v) is 13.3. The van der Waals surface area contributed by atoms with E-state index in [1.807, 2.05) is 36.4 Å². The van der Waals surface area contributed by atoms with Crippen LogP contribution >= 0.6 is 11.6 Å². The van der Waals surface area contributed by atoms with Crippen molar-refractivity contribution in [2.45, 2.75) is 13.0 Å². The number of rotatable bonds is 7. The molecule has 0 unspecified atom stereocenters. The molecule has 0 spiro atoms. The molecule has 0 saturated carbocycles. The predicted octanol–water partition coefficient (Wildman–Crippen LogP) is 2.39. The van der Waals surface area contributed by atoms with Gasteiger partial charge in [-0.2, -0.15) is 10.4 Å². The van der Waals surface area contributed by atoms with Crippen molar-refractivity contribution in [3.8, 4) is 6.07 Å². The van der Waals surface area contributed by atoms with Crippen molar-refractivity contribution in [1.82, 2.24) is 15.1 Å². The number of hydrogen-bond donors (Lipinski definition) is 1. The Morgan fingerprint density at radius 2 is 2.17 bits per heavy atom. The van der Waals surface area contributed by atoms with Crippen LogP contribution < -0.4 is 5.32 Å². The smallest absolute Gasteiger partial charge is 0.261 e. The van der Waals surface area contributed by atoms with Gasteiger partial charge >= 0.3 is 0 Å². The Morgan fingerprint density at radius 1 is 1.39 bits per heavy atom. The van der Waals surface area contributed by atoms with Gasteiger partial charge in [0.15, 0.2) is 0 Å². The minimum atomic E-state index is -0.381. The van der Waals surface area contributed by atoms with E-state index in [1.54, 1.807) is 17.1 Å². The first-order chi connectivity index (χ1) is 11.2. The number of nitrogens with zero attached hydrogens (tertiary/aromatic N) is 3. The Morgan fingerprint density at radius 3 is 2.87 bits per heavy atom. The average Bonchev–Trinajstić information content (AvgIpc) is 3.01. The summed E-state index contributed by atoms with van der Waals surface area (Å²) in [7, 11) is 0. The first kappa shape index (κ1) is 16.8. The van der Waals surface area contributed by atoms with E-state index in [1.165, 1.54) is 6.08 Å². The summed E-state index contributed by atoms with van der Waals surface area (Å²) in [5, 5.41) is 16.0. The van der Waals surface area contributed by atoms with Gasteiger partial charge < -0.3 is 5.32 Å². The molecule has 1 heterocycles. The van der Waals surface area contributed by atoms with Crippen LogP contribution in [0, 0.1) is 11.3 Å². The molecule has 6 heteroatoms. The second-order valence-corrected chi connectivity index (χ2v) is 5.27. The van der Waals surface area contributed by atoms with Gasteiger partial charge in [0.1, 0.15) is 11.6 Å². The van der Waals surface area contributed by atoms with Gasteiger partial charge in [-0.25, -0.2) is 0 Å². The van der Waals surface area contributed by atoms with Gasteiger partial charge in [-0.3, -0.25) is 9.48 Å². The number of hydrogen-bond acceptors (Lipinski definition) is 3. The van der Waals surface area contributed by atoms with E-state index in [4.69, 9.17) is 16.9 Å². The molecule has 5 nitrogen and oxygen atoms in total. The molecule has 0 aliphatic heterocycles. The molecule has 1 aromatic carbocycles. The van der Waals surface area contributed by atoms with E-state index < -0.39 is 0 Å². The molecule has 118 valence electrons. The van der Waals surface area contributed by atoms with E-state index in [-0.39, 0.29) is 11.5 Å². The maximum atomic E-state index is 12.1. The highest BCUT2D eigenvalue weighted by Gasteiger charge is 2.09. The summed E-state index contributed by atoms with van der Waals surface area (Å²) in [6.45, 7) is 1.06. The number of aromatic nitrogens is 2. The van der Waals surface area contributed by atoms with Crippen LogP contribution in [0.4, 0.5) is 0 Å². The fourth-order valence-electron chi connectivity index (χ4n) is 2.04. The van der Waals surface area contributed by atoms with Gasteiger partial charge in [-0.1, -0.05) is 30.3 Å². The molecule has 0 fully saturated rings. The third kappa shape index (κ3) is 5.28. The molecule has 1 amide bonds. The number of alkyl halides is 1. The molecule has 23 heavy (non-hydrogen) atoms. The van der Waals surface area contributed by atoms with Crippen LogP contribution in [-0.2, 0) is 17.8 Å². The molecule has 0 aliphatic rings. The van der Waals surface area contributed by atoms with Crippen LogP contribution in [0.5, 0.6) is 0 Å². The van der Waals surface area contributed by atoms with Crippen LogP contribution in [0.15, 0.2) is 48.3 Å². The van der Waals surface area contributed by atoms with Crippen molar-refractivity contribution >= 4 is 23.6 Å². The minimum absolute atomic E-state index is 0.0588. The van der Waals surface area contributed by atoms with Crippen molar-refractivity contribution in [2.75, 3.05) is 12.4 Å². The average molecular weight is 329 g/mol. The van der Waals surface area contributed by atoms with Gasteiger partial charge in [0.25, 0.3) is 5.91 Å². The van der Waals surface area contributed by atoms with Crippen molar-refractivity contribution in [3.63, 3.8) is 0 Å². The molecule has 0 saturated heterocycles. The van der Waals surface area contributed by atoms with Gasteiger partial charge in [-0.15, -0.1) is 11.6 Å². The maximum absolute atomic E-state index is 12.1. The molecule has 2 aromatic rings. The Balaban J connectivity index is 1.92. The Hall–Kier alpha value is -2.58. The largest absolute Gasteiger partial charge is 0.351 e. The molecule has 0 aliphatic carbocycles. The van der Waals surface area contributed by atoms with E-state index in [2.05, 4.69) is 10.4 Å². The first-order valence-electron chi connectivity index (χ1n) is 7.25. The number of halogens is 1. The third-order valence-corrected chi connectivity index (χ3v) is 3.35. The van der Waals surface area contributed by atoms with Gasteiger partial charge in [0.05, 0.1) is 12.7 Å². The predicted molar refractivity (Wildman–Crippen MR) is 89.7 cm³/mol. The molecular weight excluding hydrogens is 312 g/mol. The third-order valence-electron chi connectivity index (χ3n) is 3.18. The minimum Gasteiger partial charge on any atom is -0.351 e. The molecule has 1 aromatic heterocycles. The molecule has 0 radical (unpaired) electrons. The summed E-state index contributed by atoms with van der Waals surface area (Å²) in [5.74, 6) is 0.0733. The maximum Gasteiger partial charge on any atom is 0.261 e. The topological polar surface area (TPSA) is 70.7 Å². The number of nitriles is 1. The number of carbonyl (C=O) groups excluding carboxylic acids is 1. The van der Waals surface area contributed by atoms with Crippen molar-refractivity contribution in [2.24, 2.45) is 0 Å². The molecule has 0 bridgehead atoms. The number of amides is 1. The monoisotopic (exact) mass is 328 g/mol. The normalized spacial score (nSPS) is 11.0. The SMILES string of the molecule is N#C/C(=C/c1cnn(CCCl)c1)C(=O)NCCc1ccccc1. The van der Waals surface area contributed by atoms with Gasteiger partial charge in [0.2, 0.25) is 0 Å². The fourth-order valence-corrected chi connectivity index (χ4v) is 2.21. The van der Waals surface area contributed by atoms with Crippen molar-refractivity contribution < 1.29 is 4.79 Å². The van der Waals surface area contributed by atoms with Crippen molar-refractivity contribution in [3.05, 3.63) is 59.4 Å². The van der Waals surface area contributed by atoms with E-state index in [0.29, 0.717) is 24.5 Å². The highest BCUT2D eigenvalue weighted by atomic mass is 35.5. The summed E-state index contributed by atoms with van der Waals surface area (Å²) in [4.78, 5) is 12.1. The van der Waals surface area contributed by atoms with E-state index in [9.17, 15) is 4.79 Å². The zero-order chi connectivity index (χ0) is 16.5. The van der Waals surface area contributed by atoms with Crippen LogP contribution in [0.1, 0.15) is 11.1 Å². The quantitative estimate of drug-likeness (QED) is 0.482. The molecular formula is C17H17ClN4O. The lowest BCUT2D eigenvalue weighted by atomic mass is 10.1. The summed E-state index contributed by atoms with van der Waals surface area (Å²) >= 11 is 5.64. The molecule has 2 rings (SSSR count). The second kappa shape index (κ2) is 8.76. The summed E-state index contributed by atoms with van der Waals surface area (Å²) < 4.78 is 1.67. The summed E-state index contributed by atoms with van der Waals surface area (Å²) in [6, 6.07) is 11.8. The fraction of sp³-hybridized carbons (Fsp3) is 0.235. The number of carbonyl (C=O) groups is 1. The lowest BCUT2D eigenvalue weighted by Crippen LogP contribution is -2.26. The zero-order valence-electron chi connectivity index (χ0n) is 12.6. The Bertz CT molecular complexity index is 716. The van der Waals surface area contributed by atoms with Gasteiger partial charge in [-0.05, 0) is 18.1 Å². The highest BCUT2D eigenvalue weighted by Crippen LogP contribution is 2.06. The lowest BCUT2D eigenvalue weighted by molar-refractivity contribution is -0.117. The first-order valence-corrected chi connectivity index (χ1v) is 7.78. The Labute approximate surface area is 140 Å². The second-order valence-electron chi connectivity index (χ2n) is 4.89. The van der Waals surface area contributed by atoms with Crippen molar-refractivity contribution in [1.29, 1.82) is 5.26 Å². The molecule has 1 N–H and O–H groups in total. The van der Waals surface area contributed by atoms with Crippen LogP contribution in [0.3, 0.4) is 0 Å². The number of nitrogens with one attached hydrogen (secondary N) is 1.